The fourth-order valence-electron chi connectivity index (χ4n) is 3.49. The number of piperidine rings is 1. The fraction of sp³-hybridized carbons (Fsp3) is 0.238. The van der Waals surface area contributed by atoms with E-state index in [1.54, 1.807) is 0 Å². The molecule has 1 fully saturated rings. The molecular formula is C21H20FN3O5S. The summed E-state index contributed by atoms with van der Waals surface area (Å²) in [4.78, 5) is 23.5. The molecule has 31 heavy (non-hydrogen) atoms. The molecule has 2 N–H and O–H groups in total. The van der Waals surface area contributed by atoms with E-state index in [1.165, 1.54) is 58.9 Å². The lowest BCUT2D eigenvalue weighted by Gasteiger charge is -2.31. The number of urea groups is 1. The molecule has 1 aromatic heterocycles. The highest BCUT2D eigenvalue weighted by molar-refractivity contribution is 7.89. The van der Waals surface area contributed by atoms with Gasteiger partial charge in [0.15, 0.2) is 0 Å². The lowest BCUT2D eigenvalue weighted by atomic mass is 10.1. The average Bonchev–Trinajstić information content (AvgIpc) is 2.75. The van der Waals surface area contributed by atoms with Crippen LogP contribution < -0.4 is 16.3 Å². The molecule has 0 spiro atoms. The van der Waals surface area contributed by atoms with Crippen molar-refractivity contribution in [3.05, 3.63) is 70.8 Å². The monoisotopic (exact) mass is 445 g/mol. The van der Waals surface area contributed by atoms with Gasteiger partial charge in [-0.05, 0) is 61.4 Å². The van der Waals surface area contributed by atoms with Crippen LogP contribution in [-0.4, -0.2) is 37.9 Å². The number of halogens is 1. The molecule has 2 amide bonds. The van der Waals surface area contributed by atoms with E-state index in [9.17, 15) is 22.4 Å². The third-order valence-corrected chi connectivity index (χ3v) is 7.01. The van der Waals surface area contributed by atoms with Gasteiger partial charge in [0.05, 0.1) is 4.90 Å². The second-order valence-electron chi connectivity index (χ2n) is 7.24. The predicted molar refractivity (Wildman–Crippen MR) is 113 cm³/mol. The highest BCUT2D eigenvalue weighted by Crippen LogP contribution is 2.24. The zero-order chi connectivity index (χ0) is 22.0. The Morgan fingerprint density at radius 3 is 2.45 bits per heavy atom. The van der Waals surface area contributed by atoms with Crippen LogP contribution in [0.2, 0.25) is 0 Å². The second kappa shape index (κ2) is 8.48. The highest BCUT2D eigenvalue weighted by atomic mass is 32.2. The van der Waals surface area contributed by atoms with Gasteiger partial charge < -0.3 is 15.1 Å². The molecule has 0 radical (unpaired) electrons. The van der Waals surface area contributed by atoms with E-state index >= 15 is 0 Å². The Bertz CT molecular complexity index is 1270. The maximum atomic E-state index is 13.0. The molecule has 0 saturated carbocycles. The van der Waals surface area contributed by atoms with Gasteiger partial charge in [0.2, 0.25) is 10.0 Å². The minimum atomic E-state index is -3.72. The van der Waals surface area contributed by atoms with Crippen molar-refractivity contribution in [2.75, 3.05) is 18.4 Å². The number of nitrogens with one attached hydrogen (secondary N) is 2. The molecule has 1 aliphatic rings. The van der Waals surface area contributed by atoms with Crippen molar-refractivity contribution >= 4 is 32.7 Å². The topological polar surface area (TPSA) is 109 Å². The van der Waals surface area contributed by atoms with Crippen molar-refractivity contribution in [3.63, 3.8) is 0 Å². The van der Waals surface area contributed by atoms with Crippen molar-refractivity contribution in [1.82, 2.24) is 9.62 Å². The molecule has 8 nitrogen and oxygen atoms in total. The zero-order valence-corrected chi connectivity index (χ0v) is 17.2. The maximum Gasteiger partial charge on any atom is 0.336 e. The molecule has 2 heterocycles. The van der Waals surface area contributed by atoms with Gasteiger partial charge in [0.25, 0.3) is 0 Å². The van der Waals surface area contributed by atoms with Crippen molar-refractivity contribution < 1.29 is 22.0 Å². The number of anilines is 1. The van der Waals surface area contributed by atoms with Gasteiger partial charge >= 0.3 is 11.7 Å². The largest absolute Gasteiger partial charge is 0.423 e. The van der Waals surface area contributed by atoms with E-state index < -0.39 is 27.5 Å². The Kier molecular flexibility index (Phi) is 5.75. The van der Waals surface area contributed by atoms with Crippen molar-refractivity contribution in [2.24, 2.45) is 0 Å². The number of amides is 2. The van der Waals surface area contributed by atoms with E-state index in [0.717, 1.165) is 0 Å². The number of benzene rings is 2. The number of sulfonamides is 1. The van der Waals surface area contributed by atoms with Crippen LogP contribution in [-0.2, 0) is 10.0 Å². The Balaban J connectivity index is 1.37. The highest BCUT2D eigenvalue weighted by Gasteiger charge is 2.30. The number of hydrogen-bond donors (Lipinski definition) is 2. The smallest absolute Gasteiger partial charge is 0.336 e. The minimum Gasteiger partial charge on any atom is -0.423 e. The quantitative estimate of drug-likeness (QED) is 0.601. The molecule has 4 rings (SSSR count). The Morgan fingerprint density at radius 1 is 1.03 bits per heavy atom. The van der Waals surface area contributed by atoms with Crippen LogP contribution in [0, 0.1) is 5.82 Å². The lowest BCUT2D eigenvalue weighted by molar-refractivity contribution is 0.238. The van der Waals surface area contributed by atoms with Gasteiger partial charge in [-0.15, -0.1) is 0 Å². The number of nitrogens with zero attached hydrogens (tertiary/aromatic N) is 1. The molecule has 2 aromatic carbocycles. The number of rotatable bonds is 4. The molecule has 10 heteroatoms. The second-order valence-corrected chi connectivity index (χ2v) is 9.18. The molecule has 0 unspecified atom stereocenters. The first-order valence-electron chi connectivity index (χ1n) is 9.68. The van der Waals surface area contributed by atoms with Crippen LogP contribution in [0.1, 0.15) is 12.8 Å². The number of carbonyl (C=O) groups excluding carboxylic acids is 1. The van der Waals surface area contributed by atoms with Crippen LogP contribution in [0.4, 0.5) is 14.9 Å². The Labute approximate surface area is 177 Å². The molecule has 1 aliphatic heterocycles. The Hall–Kier alpha value is -3.24. The maximum absolute atomic E-state index is 13.0. The minimum absolute atomic E-state index is 0.120. The van der Waals surface area contributed by atoms with Crippen LogP contribution in [0.15, 0.2) is 68.7 Å². The summed E-state index contributed by atoms with van der Waals surface area (Å²) in [7, 11) is -3.72. The van der Waals surface area contributed by atoms with E-state index in [2.05, 4.69) is 10.6 Å². The molecule has 162 valence electrons. The summed E-state index contributed by atoms with van der Waals surface area (Å²) in [5.74, 6) is -0.393. The van der Waals surface area contributed by atoms with Crippen molar-refractivity contribution in [2.45, 2.75) is 23.8 Å². The molecule has 0 bridgehead atoms. The van der Waals surface area contributed by atoms with Crippen LogP contribution in [0.5, 0.6) is 0 Å². The van der Waals surface area contributed by atoms with Gasteiger partial charge in [0.1, 0.15) is 11.4 Å². The van der Waals surface area contributed by atoms with Crippen LogP contribution in [0.25, 0.3) is 11.0 Å². The Morgan fingerprint density at radius 2 is 1.74 bits per heavy atom. The number of fused-ring (bicyclic) bond motifs is 1. The van der Waals surface area contributed by atoms with Gasteiger partial charge in [-0.1, -0.05) is 0 Å². The summed E-state index contributed by atoms with van der Waals surface area (Å²) in [6.07, 6.45) is 0.914. The first kappa shape index (κ1) is 21.0. The van der Waals surface area contributed by atoms with Crippen LogP contribution in [0.3, 0.4) is 0 Å². The van der Waals surface area contributed by atoms with Gasteiger partial charge in [-0.2, -0.15) is 4.31 Å². The van der Waals surface area contributed by atoms with Gasteiger partial charge in [-0.25, -0.2) is 22.4 Å². The fourth-order valence-corrected chi connectivity index (χ4v) is 4.99. The van der Waals surface area contributed by atoms with Gasteiger partial charge in [0, 0.05) is 36.3 Å². The third-order valence-electron chi connectivity index (χ3n) is 5.12. The predicted octanol–water partition coefficient (Wildman–Crippen LogP) is 2.91. The third kappa shape index (κ3) is 4.75. The molecule has 3 aromatic rings. The zero-order valence-electron chi connectivity index (χ0n) is 16.4. The average molecular weight is 445 g/mol. The summed E-state index contributed by atoms with van der Waals surface area (Å²) >= 11 is 0. The van der Waals surface area contributed by atoms with Crippen LogP contribution >= 0.6 is 0 Å². The molecule has 0 aliphatic carbocycles. The lowest BCUT2D eigenvalue weighted by Crippen LogP contribution is -2.47. The summed E-state index contributed by atoms with van der Waals surface area (Å²) < 4.78 is 45.4. The summed E-state index contributed by atoms with van der Waals surface area (Å²) in [5.41, 5.74) is 0.286. The van der Waals surface area contributed by atoms with Crippen molar-refractivity contribution in [1.29, 1.82) is 0 Å². The van der Waals surface area contributed by atoms with Gasteiger partial charge in [-0.3, -0.25) is 0 Å². The van der Waals surface area contributed by atoms with E-state index in [4.69, 9.17) is 4.42 Å². The number of hydrogen-bond acceptors (Lipinski definition) is 5. The number of carbonyl (C=O) groups is 1. The van der Waals surface area contributed by atoms with Crippen molar-refractivity contribution in [3.8, 4) is 0 Å². The summed E-state index contributed by atoms with van der Waals surface area (Å²) in [6, 6.07) is 11.9. The first-order valence-corrected chi connectivity index (χ1v) is 11.1. The SMILES string of the molecule is O=C(Nc1ccc(F)cc1)NC1CCN(S(=O)(=O)c2ccc3oc(=O)ccc3c2)CC1. The molecular weight excluding hydrogens is 425 g/mol. The first-order chi connectivity index (χ1) is 14.8. The summed E-state index contributed by atoms with van der Waals surface area (Å²) in [5, 5.41) is 5.96. The summed E-state index contributed by atoms with van der Waals surface area (Å²) in [6.45, 7) is 0.511. The van der Waals surface area contributed by atoms with E-state index in [1.807, 2.05) is 0 Å². The molecule has 0 atom stereocenters. The van der Waals surface area contributed by atoms with E-state index in [-0.39, 0.29) is 24.0 Å². The standard InChI is InChI=1S/C21H20FN3O5S/c22-15-2-4-16(5-3-15)23-21(27)24-17-9-11-25(12-10-17)31(28,29)18-6-7-19-14(13-18)1-8-20(26)30-19/h1-8,13,17H,9-12H2,(H2,23,24,27). The molecule has 1 saturated heterocycles. The normalized spacial score (nSPS) is 15.6. The van der Waals surface area contributed by atoms with E-state index in [0.29, 0.717) is 29.5 Å².